The van der Waals surface area contributed by atoms with Gasteiger partial charge in [0.15, 0.2) is 0 Å². The van der Waals surface area contributed by atoms with Gasteiger partial charge in [-0.05, 0) is 37.1 Å². The van der Waals surface area contributed by atoms with Gasteiger partial charge in [0.1, 0.15) is 0 Å². The third-order valence-electron chi connectivity index (χ3n) is 4.13. The Labute approximate surface area is 171 Å². The number of nitrogens with one attached hydrogen (secondary N) is 1. The SMILES string of the molecule is COCCCNC(=O)CN(Cc1ccccc1Cl)S(=O)(=O)c1ccc(C)cc1. The van der Waals surface area contributed by atoms with Crippen molar-refractivity contribution in [1.82, 2.24) is 9.62 Å². The minimum absolute atomic E-state index is 0.00136. The van der Waals surface area contributed by atoms with Crippen LogP contribution in [0, 0.1) is 6.92 Å². The van der Waals surface area contributed by atoms with E-state index >= 15 is 0 Å². The standard InChI is InChI=1S/C20H25ClN2O4S/c1-16-8-10-18(11-9-16)28(25,26)23(14-17-6-3-4-7-19(17)21)15-20(24)22-12-5-13-27-2/h3-4,6-11H,5,12-15H2,1-2H3,(H,22,24). The molecule has 0 spiro atoms. The number of carbonyl (C=O) groups excluding carboxylic acids is 1. The molecule has 0 aromatic heterocycles. The topological polar surface area (TPSA) is 75.7 Å². The largest absolute Gasteiger partial charge is 0.385 e. The highest BCUT2D eigenvalue weighted by Crippen LogP contribution is 2.22. The van der Waals surface area contributed by atoms with Crippen LogP contribution in [-0.2, 0) is 26.1 Å². The first kappa shape index (κ1) is 22.4. The normalized spacial score (nSPS) is 11.6. The summed E-state index contributed by atoms with van der Waals surface area (Å²) >= 11 is 6.20. The monoisotopic (exact) mass is 424 g/mol. The third-order valence-corrected chi connectivity index (χ3v) is 6.31. The van der Waals surface area contributed by atoms with E-state index in [9.17, 15) is 13.2 Å². The van der Waals surface area contributed by atoms with E-state index in [0.29, 0.717) is 30.2 Å². The lowest BCUT2D eigenvalue weighted by Crippen LogP contribution is -2.40. The molecule has 1 N–H and O–H groups in total. The van der Waals surface area contributed by atoms with Crippen molar-refractivity contribution in [2.45, 2.75) is 24.8 Å². The molecule has 2 rings (SSSR count). The molecule has 0 heterocycles. The van der Waals surface area contributed by atoms with Gasteiger partial charge in [0.05, 0.1) is 11.4 Å². The molecule has 152 valence electrons. The Balaban J connectivity index is 2.23. The van der Waals surface area contributed by atoms with Gasteiger partial charge in [0.25, 0.3) is 0 Å². The number of hydrogen-bond acceptors (Lipinski definition) is 4. The van der Waals surface area contributed by atoms with Crippen molar-refractivity contribution < 1.29 is 17.9 Å². The minimum Gasteiger partial charge on any atom is -0.385 e. The Hall–Kier alpha value is -1.93. The van der Waals surface area contributed by atoms with Gasteiger partial charge in [0, 0.05) is 31.8 Å². The van der Waals surface area contributed by atoms with Gasteiger partial charge in [-0.15, -0.1) is 0 Å². The number of aryl methyl sites for hydroxylation is 1. The molecule has 2 aromatic carbocycles. The summed E-state index contributed by atoms with van der Waals surface area (Å²) < 4.78 is 32.4. The predicted molar refractivity (Wildman–Crippen MR) is 110 cm³/mol. The minimum atomic E-state index is -3.87. The molecule has 0 bridgehead atoms. The van der Waals surface area contributed by atoms with Crippen LogP contribution in [0.2, 0.25) is 5.02 Å². The molecule has 28 heavy (non-hydrogen) atoms. The van der Waals surface area contributed by atoms with Crippen molar-refractivity contribution in [3.05, 3.63) is 64.7 Å². The maximum absolute atomic E-state index is 13.2. The summed E-state index contributed by atoms with van der Waals surface area (Å²) in [5, 5.41) is 3.17. The van der Waals surface area contributed by atoms with Crippen molar-refractivity contribution in [2.24, 2.45) is 0 Å². The van der Waals surface area contributed by atoms with Crippen LogP contribution >= 0.6 is 11.6 Å². The first-order valence-corrected chi connectivity index (χ1v) is 10.7. The molecule has 8 heteroatoms. The number of sulfonamides is 1. The highest BCUT2D eigenvalue weighted by Gasteiger charge is 2.27. The average molecular weight is 425 g/mol. The molecular weight excluding hydrogens is 400 g/mol. The maximum atomic E-state index is 13.2. The number of hydrogen-bond donors (Lipinski definition) is 1. The third kappa shape index (κ3) is 6.31. The van der Waals surface area contributed by atoms with Gasteiger partial charge in [-0.25, -0.2) is 8.42 Å². The van der Waals surface area contributed by atoms with E-state index in [-0.39, 0.29) is 23.9 Å². The summed E-state index contributed by atoms with van der Waals surface area (Å²) in [5.41, 5.74) is 1.58. The summed E-state index contributed by atoms with van der Waals surface area (Å²) in [7, 11) is -2.29. The van der Waals surface area contributed by atoms with Crippen molar-refractivity contribution in [1.29, 1.82) is 0 Å². The van der Waals surface area contributed by atoms with Crippen LogP contribution in [0.25, 0.3) is 0 Å². The van der Waals surface area contributed by atoms with Crippen LogP contribution in [0.5, 0.6) is 0 Å². The van der Waals surface area contributed by atoms with Gasteiger partial charge in [-0.3, -0.25) is 4.79 Å². The molecule has 0 saturated carbocycles. The molecule has 0 unspecified atom stereocenters. The highest BCUT2D eigenvalue weighted by molar-refractivity contribution is 7.89. The zero-order valence-corrected chi connectivity index (χ0v) is 17.6. The van der Waals surface area contributed by atoms with Crippen molar-refractivity contribution in [3.8, 4) is 0 Å². The fraction of sp³-hybridized carbons (Fsp3) is 0.350. The van der Waals surface area contributed by atoms with Crippen molar-refractivity contribution in [3.63, 3.8) is 0 Å². The number of nitrogens with zero attached hydrogens (tertiary/aromatic N) is 1. The summed E-state index contributed by atoms with van der Waals surface area (Å²) in [6.45, 7) is 2.52. The predicted octanol–water partition coefficient (Wildman–Crippen LogP) is 2.99. The lowest BCUT2D eigenvalue weighted by Gasteiger charge is -2.22. The Morgan fingerprint density at radius 3 is 2.46 bits per heavy atom. The van der Waals surface area contributed by atoms with Crippen LogP contribution in [-0.4, -0.2) is 45.4 Å². The molecule has 0 aliphatic carbocycles. The molecular formula is C20H25ClN2O4S. The van der Waals surface area contributed by atoms with E-state index in [0.717, 1.165) is 9.87 Å². The molecule has 0 aliphatic heterocycles. The van der Waals surface area contributed by atoms with E-state index < -0.39 is 10.0 Å². The van der Waals surface area contributed by atoms with Crippen molar-refractivity contribution in [2.75, 3.05) is 26.8 Å². The number of ether oxygens (including phenoxy) is 1. The Morgan fingerprint density at radius 2 is 1.82 bits per heavy atom. The molecule has 0 radical (unpaired) electrons. The van der Waals surface area contributed by atoms with E-state index in [4.69, 9.17) is 16.3 Å². The first-order chi connectivity index (χ1) is 13.3. The molecule has 2 aromatic rings. The summed E-state index contributed by atoms with van der Waals surface area (Å²) in [5.74, 6) is -0.376. The van der Waals surface area contributed by atoms with Gasteiger partial charge in [0.2, 0.25) is 15.9 Å². The van der Waals surface area contributed by atoms with Gasteiger partial charge in [-0.2, -0.15) is 4.31 Å². The molecule has 0 saturated heterocycles. The number of methoxy groups -OCH3 is 1. The molecule has 1 amide bonds. The van der Waals surface area contributed by atoms with Crippen LogP contribution in [0.4, 0.5) is 0 Å². The number of amides is 1. The van der Waals surface area contributed by atoms with Crippen LogP contribution in [0.1, 0.15) is 17.5 Å². The Bertz CT molecular complexity index is 885. The van der Waals surface area contributed by atoms with Gasteiger partial charge >= 0.3 is 0 Å². The molecule has 6 nitrogen and oxygen atoms in total. The highest BCUT2D eigenvalue weighted by atomic mass is 35.5. The van der Waals surface area contributed by atoms with Crippen molar-refractivity contribution >= 4 is 27.5 Å². The fourth-order valence-electron chi connectivity index (χ4n) is 2.56. The zero-order chi connectivity index (χ0) is 20.6. The average Bonchev–Trinajstić information content (AvgIpc) is 2.66. The summed E-state index contributed by atoms with van der Waals surface area (Å²) in [6.07, 6.45) is 0.650. The van der Waals surface area contributed by atoms with Crippen LogP contribution in [0.3, 0.4) is 0 Å². The van der Waals surface area contributed by atoms with Gasteiger partial charge in [-0.1, -0.05) is 47.5 Å². The van der Waals surface area contributed by atoms with Crippen LogP contribution in [0.15, 0.2) is 53.4 Å². The molecule has 0 fully saturated rings. The van der Waals surface area contributed by atoms with E-state index in [1.807, 2.05) is 6.92 Å². The second-order valence-electron chi connectivity index (χ2n) is 6.37. The molecule has 0 aliphatic rings. The number of carbonyl (C=O) groups is 1. The Morgan fingerprint density at radius 1 is 1.14 bits per heavy atom. The fourth-order valence-corrected chi connectivity index (χ4v) is 4.13. The van der Waals surface area contributed by atoms with Gasteiger partial charge < -0.3 is 10.1 Å². The maximum Gasteiger partial charge on any atom is 0.243 e. The van der Waals surface area contributed by atoms with Crippen LogP contribution < -0.4 is 5.32 Å². The smallest absolute Gasteiger partial charge is 0.243 e. The lowest BCUT2D eigenvalue weighted by atomic mass is 10.2. The summed E-state index contributed by atoms with van der Waals surface area (Å²) in [4.78, 5) is 12.5. The quantitative estimate of drug-likeness (QED) is 0.595. The summed E-state index contributed by atoms with van der Waals surface area (Å²) in [6, 6.07) is 13.5. The number of rotatable bonds is 10. The number of halogens is 1. The number of benzene rings is 2. The van der Waals surface area contributed by atoms with E-state index in [1.165, 1.54) is 0 Å². The zero-order valence-electron chi connectivity index (χ0n) is 16.0. The first-order valence-electron chi connectivity index (χ1n) is 8.90. The second-order valence-corrected chi connectivity index (χ2v) is 8.72. The molecule has 0 atom stereocenters. The second kappa shape index (κ2) is 10.6. The van der Waals surface area contributed by atoms with E-state index in [2.05, 4.69) is 5.32 Å². The lowest BCUT2D eigenvalue weighted by molar-refractivity contribution is -0.121. The Kier molecular flexibility index (Phi) is 8.44. The van der Waals surface area contributed by atoms with E-state index in [1.54, 1.807) is 55.6 Å².